The molecule has 1 heterocycles. The molecule has 0 atom stereocenters. The van der Waals surface area contributed by atoms with E-state index in [-0.39, 0.29) is 28.6 Å². The Bertz CT molecular complexity index is 576. The maximum Gasteiger partial charge on any atom is 0.239 e. The lowest BCUT2D eigenvalue weighted by atomic mass is 10.1. The topological polar surface area (TPSA) is 75.4 Å². The highest BCUT2D eigenvalue weighted by molar-refractivity contribution is 7.92. The van der Waals surface area contributed by atoms with Crippen molar-refractivity contribution in [3.8, 4) is 0 Å². The predicted octanol–water partition coefficient (Wildman–Crippen LogP) is 1.43. The van der Waals surface area contributed by atoms with E-state index in [1.807, 2.05) is 0 Å². The number of nitrogen functional groups attached to an aromatic ring is 1. The van der Waals surface area contributed by atoms with Crippen molar-refractivity contribution in [1.82, 2.24) is 0 Å². The number of hydrogen-bond acceptors (Lipinski definition) is 4. The standard InChI is InChI=1S/C9H11ClFN3O2S/c1-2-14-9-5(4-17(14,15)16)8(13-12)7(11)3-6(9)10/h3,13H,2,4,12H2,1H3. The molecule has 0 amide bonds. The number of fused-ring (bicyclic) bond motifs is 1. The van der Waals surface area contributed by atoms with E-state index in [2.05, 4.69) is 5.43 Å². The minimum absolute atomic E-state index is 0.0241. The fourth-order valence-electron chi connectivity index (χ4n) is 1.98. The Labute approximate surface area is 103 Å². The molecule has 0 aliphatic carbocycles. The fraction of sp³-hybridized carbons (Fsp3) is 0.333. The summed E-state index contributed by atoms with van der Waals surface area (Å²) < 4.78 is 38.4. The van der Waals surface area contributed by atoms with Crippen LogP contribution in [0.5, 0.6) is 0 Å². The number of anilines is 2. The third-order valence-corrected chi connectivity index (χ3v) is 4.70. The second kappa shape index (κ2) is 4.01. The van der Waals surface area contributed by atoms with Crippen molar-refractivity contribution in [2.45, 2.75) is 12.7 Å². The summed E-state index contributed by atoms with van der Waals surface area (Å²) >= 11 is 5.89. The molecule has 8 heteroatoms. The van der Waals surface area contributed by atoms with Crippen LogP contribution in [0.15, 0.2) is 6.07 Å². The Morgan fingerprint density at radius 2 is 2.29 bits per heavy atom. The third kappa shape index (κ3) is 1.74. The largest absolute Gasteiger partial charge is 0.321 e. The summed E-state index contributed by atoms with van der Waals surface area (Å²) in [6.07, 6.45) is 0. The van der Waals surface area contributed by atoms with Crippen molar-refractivity contribution in [1.29, 1.82) is 0 Å². The molecular formula is C9H11ClFN3O2S. The van der Waals surface area contributed by atoms with Crippen molar-refractivity contribution in [3.05, 3.63) is 22.5 Å². The van der Waals surface area contributed by atoms with Gasteiger partial charge in [0, 0.05) is 12.1 Å². The summed E-state index contributed by atoms with van der Waals surface area (Å²) in [6, 6.07) is 1.05. The Hall–Kier alpha value is -1.05. The molecule has 5 nitrogen and oxygen atoms in total. The highest BCUT2D eigenvalue weighted by Crippen LogP contribution is 2.44. The number of benzene rings is 1. The number of sulfonamides is 1. The van der Waals surface area contributed by atoms with E-state index >= 15 is 0 Å². The van der Waals surface area contributed by atoms with Crippen molar-refractivity contribution in [2.75, 3.05) is 16.3 Å². The van der Waals surface area contributed by atoms with Crippen molar-refractivity contribution in [2.24, 2.45) is 5.84 Å². The maximum atomic E-state index is 13.5. The van der Waals surface area contributed by atoms with Gasteiger partial charge in [0.15, 0.2) is 0 Å². The molecule has 94 valence electrons. The van der Waals surface area contributed by atoms with Gasteiger partial charge >= 0.3 is 0 Å². The SMILES string of the molecule is CCN1c2c(Cl)cc(F)c(NN)c2CS1(=O)=O. The van der Waals surface area contributed by atoms with E-state index in [9.17, 15) is 12.8 Å². The molecule has 0 saturated carbocycles. The molecule has 0 saturated heterocycles. The smallest absolute Gasteiger partial charge is 0.239 e. The van der Waals surface area contributed by atoms with E-state index in [1.54, 1.807) is 6.92 Å². The number of hydrogen-bond donors (Lipinski definition) is 2. The summed E-state index contributed by atoms with van der Waals surface area (Å²) in [5.41, 5.74) is 2.74. The molecule has 0 bridgehead atoms. The molecule has 1 aliphatic heterocycles. The molecule has 1 aromatic rings. The monoisotopic (exact) mass is 279 g/mol. The van der Waals surface area contributed by atoms with E-state index in [0.717, 1.165) is 10.4 Å². The molecule has 2 rings (SSSR count). The first-order chi connectivity index (χ1) is 7.92. The minimum atomic E-state index is -3.48. The van der Waals surface area contributed by atoms with Crippen LogP contribution in [0, 0.1) is 5.82 Å². The van der Waals surface area contributed by atoms with Gasteiger partial charge in [-0.3, -0.25) is 10.1 Å². The van der Waals surface area contributed by atoms with Gasteiger partial charge in [0.2, 0.25) is 10.0 Å². The molecule has 1 aromatic carbocycles. The zero-order chi connectivity index (χ0) is 12.8. The second-order valence-electron chi connectivity index (χ2n) is 3.61. The van der Waals surface area contributed by atoms with Crippen molar-refractivity contribution >= 4 is 33.0 Å². The number of nitrogens with one attached hydrogen (secondary N) is 1. The maximum absolute atomic E-state index is 13.5. The first-order valence-corrected chi connectivity index (χ1v) is 6.89. The Kier molecular flexibility index (Phi) is 2.92. The van der Waals surface area contributed by atoms with E-state index in [0.29, 0.717) is 5.69 Å². The first-order valence-electron chi connectivity index (χ1n) is 4.90. The highest BCUT2D eigenvalue weighted by Gasteiger charge is 2.37. The summed E-state index contributed by atoms with van der Waals surface area (Å²) in [5.74, 6) is 4.24. The van der Waals surface area contributed by atoms with Gasteiger partial charge < -0.3 is 5.43 Å². The van der Waals surface area contributed by atoms with Gasteiger partial charge in [-0.15, -0.1) is 0 Å². The van der Waals surface area contributed by atoms with Crippen molar-refractivity contribution in [3.63, 3.8) is 0 Å². The zero-order valence-corrected chi connectivity index (χ0v) is 10.6. The van der Waals surface area contributed by atoms with Gasteiger partial charge in [0.25, 0.3) is 0 Å². The average Bonchev–Trinajstić information content (AvgIpc) is 2.49. The van der Waals surface area contributed by atoms with Gasteiger partial charge in [-0.1, -0.05) is 11.6 Å². The molecule has 0 spiro atoms. The molecule has 0 aromatic heterocycles. The Morgan fingerprint density at radius 1 is 1.65 bits per heavy atom. The molecule has 0 unspecified atom stereocenters. The van der Waals surface area contributed by atoms with Gasteiger partial charge in [-0.25, -0.2) is 12.8 Å². The van der Waals surface area contributed by atoms with E-state index in [1.165, 1.54) is 0 Å². The number of hydrazine groups is 1. The molecule has 3 N–H and O–H groups in total. The first kappa shape index (κ1) is 12.4. The minimum Gasteiger partial charge on any atom is -0.321 e. The number of rotatable bonds is 2. The second-order valence-corrected chi connectivity index (χ2v) is 5.91. The predicted molar refractivity (Wildman–Crippen MR) is 64.9 cm³/mol. The summed E-state index contributed by atoms with van der Waals surface area (Å²) in [4.78, 5) is 0. The van der Waals surface area contributed by atoms with E-state index in [4.69, 9.17) is 17.4 Å². The lowest BCUT2D eigenvalue weighted by Gasteiger charge is -2.17. The van der Waals surface area contributed by atoms with Crippen LogP contribution < -0.4 is 15.6 Å². The molecule has 1 aliphatic rings. The Morgan fingerprint density at radius 3 is 2.82 bits per heavy atom. The number of nitrogens with two attached hydrogens (primary N) is 1. The summed E-state index contributed by atoms with van der Waals surface area (Å²) in [7, 11) is -3.48. The van der Waals surface area contributed by atoms with Crippen LogP contribution in [0.25, 0.3) is 0 Å². The van der Waals surface area contributed by atoms with Gasteiger partial charge in [0.05, 0.1) is 22.2 Å². The van der Waals surface area contributed by atoms with Crippen LogP contribution in [-0.4, -0.2) is 15.0 Å². The van der Waals surface area contributed by atoms with Crippen molar-refractivity contribution < 1.29 is 12.8 Å². The summed E-state index contributed by atoms with van der Waals surface area (Å²) in [5, 5.41) is 0.0689. The quantitative estimate of drug-likeness (QED) is 0.634. The molecule has 0 radical (unpaired) electrons. The van der Waals surface area contributed by atoms with Crippen LogP contribution >= 0.6 is 11.6 Å². The van der Waals surface area contributed by atoms with E-state index < -0.39 is 15.8 Å². The van der Waals surface area contributed by atoms with Crippen LogP contribution in [0.1, 0.15) is 12.5 Å². The number of halogens is 2. The molecular weight excluding hydrogens is 269 g/mol. The highest BCUT2D eigenvalue weighted by atomic mass is 35.5. The summed E-state index contributed by atoms with van der Waals surface area (Å²) in [6.45, 7) is 1.92. The normalized spacial score (nSPS) is 17.1. The molecule has 0 fully saturated rings. The Balaban J connectivity index is 2.76. The van der Waals surface area contributed by atoms with Crippen LogP contribution in [-0.2, 0) is 15.8 Å². The number of nitrogens with zero attached hydrogens (tertiary/aromatic N) is 1. The lowest BCUT2D eigenvalue weighted by Crippen LogP contribution is -2.26. The van der Waals surface area contributed by atoms with Gasteiger partial charge in [-0.2, -0.15) is 0 Å². The fourth-order valence-corrected chi connectivity index (χ4v) is 4.02. The zero-order valence-electron chi connectivity index (χ0n) is 9.00. The van der Waals surface area contributed by atoms with Gasteiger partial charge in [-0.05, 0) is 13.0 Å². The van der Waals surface area contributed by atoms with Crippen LogP contribution in [0.3, 0.4) is 0 Å². The lowest BCUT2D eigenvalue weighted by molar-refractivity contribution is 0.594. The molecule has 17 heavy (non-hydrogen) atoms. The van der Waals surface area contributed by atoms with Crippen LogP contribution in [0.4, 0.5) is 15.8 Å². The average molecular weight is 280 g/mol. The third-order valence-electron chi connectivity index (χ3n) is 2.65. The van der Waals surface area contributed by atoms with Crippen LogP contribution in [0.2, 0.25) is 5.02 Å². The van der Waals surface area contributed by atoms with Gasteiger partial charge in [0.1, 0.15) is 5.82 Å².